The highest BCUT2D eigenvalue weighted by molar-refractivity contribution is 9.10. The lowest BCUT2D eigenvalue weighted by Gasteiger charge is -2.10. The number of imidazole rings is 1. The van der Waals surface area contributed by atoms with Crippen LogP contribution in [0.15, 0.2) is 44.9 Å². The molecule has 0 atom stereocenters. The summed E-state index contributed by atoms with van der Waals surface area (Å²) in [5.74, 6) is 0.467. The Morgan fingerprint density at radius 1 is 1.26 bits per heavy atom. The number of benzene rings is 1. The molecule has 1 aromatic carbocycles. The van der Waals surface area contributed by atoms with E-state index >= 15 is 0 Å². The molecule has 9 heteroatoms. The molecule has 142 valence electrons. The number of oxime groups is 1. The van der Waals surface area contributed by atoms with Crippen LogP contribution in [0, 0.1) is 0 Å². The Hall–Kier alpha value is -2.26. The summed E-state index contributed by atoms with van der Waals surface area (Å²) >= 11 is 3.43. The van der Waals surface area contributed by atoms with Gasteiger partial charge in [-0.2, -0.15) is 0 Å². The van der Waals surface area contributed by atoms with Crippen molar-refractivity contribution >= 4 is 42.5 Å². The first-order valence-corrected chi connectivity index (χ1v) is 10.9. The molecule has 2 heterocycles. The minimum Gasteiger partial charge on any atom is -0.396 e. The fourth-order valence-corrected chi connectivity index (χ4v) is 3.85. The fourth-order valence-electron chi connectivity index (χ4n) is 2.70. The van der Waals surface area contributed by atoms with E-state index in [1.807, 2.05) is 36.7 Å². The zero-order chi connectivity index (χ0) is 19.8. The van der Waals surface area contributed by atoms with Gasteiger partial charge >= 0.3 is 0 Å². The lowest BCUT2D eigenvalue weighted by Crippen LogP contribution is -2.09. The van der Waals surface area contributed by atoms with Gasteiger partial charge in [0.2, 0.25) is 0 Å². The van der Waals surface area contributed by atoms with Crippen molar-refractivity contribution in [1.82, 2.24) is 14.5 Å². The Morgan fingerprint density at radius 3 is 2.67 bits per heavy atom. The molecule has 0 unspecified atom stereocenters. The average molecular weight is 451 g/mol. The molecule has 0 fully saturated rings. The van der Waals surface area contributed by atoms with Crippen molar-refractivity contribution in [3.63, 3.8) is 0 Å². The summed E-state index contributed by atoms with van der Waals surface area (Å²) in [7, 11) is -1.67. The van der Waals surface area contributed by atoms with Crippen molar-refractivity contribution in [3.05, 3.63) is 40.5 Å². The quantitative estimate of drug-likeness (QED) is 0.437. The molecule has 0 N–H and O–H groups in total. The van der Waals surface area contributed by atoms with Crippen LogP contribution in [0.4, 0.5) is 0 Å². The molecule has 0 aliphatic carbocycles. The van der Waals surface area contributed by atoms with E-state index < -0.39 is 9.84 Å². The molecule has 7 nitrogen and oxygen atoms in total. The average Bonchev–Trinajstić information content (AvgIpc) is 2.94. The Morgan fingerprint density at radius 2 is 2.00 bits per heavy atom. The summed E-state index contributed by atoms with van der Waals surface area (Å²) in [6.45, 7) is 4.03. The maximum absolute atomic E-state index is 12.3. The van der Waals surface area contributed by atoms with Crippen molar-refractivity contribution < 1.29 is 13.3 Å². The Labute approximate surface area is 166 Å². The van der Waals surface area contributed by atoms with Gasteiger partial charge in [-0.25, -0.2) is 18.4 Å². The second-order valence-electron chi connectivity index (χ2n) is 6.04. The third kappa shape index (κ3) is 3.89. The van der Waals surface area contributed by atoms with Crippen molar-refractivity contribution in [1.29, 1.82) is 0 Å². The molecule has 3 rings (SSSR count). The number of hydrogen-bond acceptors (Lipinski definition) is 6. The zero-order valence-corrected chi connectivity index (χ0v) is 17.8. The molecule has 27 heavy (non-hydrogen) atoms. The van der Waals surface area contributed by atoms with E-state index in [4.69, 9.17) is 4.84 Å². The van der Waals surface area contributed by atoms with E-state index in [0.29, 0.717) is 23.8 Å². The van der Waals surface area contributed by atoms with Crippen molar-refractivity contribution in [2.75, 3.05) is 12.9 Å². The van der Waals surface area contributed by atoms with Gasteiger partial charge in [0.25, 0.3) is 0 Å². The standard InChI is InChI=1S/C18H19BrN4O3S/c1-5-26-22-11(2)13-7-9-16(27(4,24)25)17(20-13)18-21-14-10-12(19)6-8-15(14)23(18)3/h6-10H,5H2,1-4H3/b22-11+. The van der Waals surface area contributed by atoms with Crippen LogP contribution in [0.5, 0.6) is 0 Å². The molecule has 0 amide bonds. The first kappa shape index (κ1) is 19.5. The second-order valence-corrected chi connectivity index (χ2v) is 8.94. The fraction of sp³-hybridized carbons (Fsp3) is 0.278. The molecule has 0 bridgehead atoms. The Bertz CT molecular complexity index is 1150. The van der Waals surface area contributed by atoms with E-state index in [0.717, 1.165) is 21.8 Å². The Kier molecular flexibility index (Phi) is 5.34. The van der Waals surface area contributed by atoms with Crippen molar-refractivity contribution in [2.24, 2.45) is 12.2 Å². The minimum absolute atomic E-state index is 0.118. The highest BCUT2D eigenvalue weighted by Gasteiger charge is 2.22. The van der Waals surface area contributed by atoms with Crippen LogP contribution in [0.1, 0.15) is 19.5 Å². The van der Waals surface area contributed by atoms with Gasteiger partial charge in [-0.1, -0.05) is 21.1 Å². The molecular formula is C18H19BrN4O3S. The molecule has 0 radical (unpaired) electrons. The number of rotatable bonds is 5. The zero-order valence-electron chi connectivity index (χ0n) is 15.4. The predicted octanol–water partition coefficient (Wildman–Crippen LogP) is 3.56. The number of aromatic nitrogens is 3. The number of nitrogens with zero attached hydrogens (tertiary/aromatic N) is 4. The number of aryl methyl sites for hydroxylation is 1. The summed E-state index contributed by atoms with van der Waals surface area (Å²) in [4.78, 5) is 14.4. The largest absolute Gasteiger partial charge is 0.396 e. The molecule has 0 aliphatic rings. The lowest BCUT2D eigenvalue weighted by atomic mass is 10.2. The first-order valence-electron chi connectivity index (χ1n) is 8.22. The van der Waals surface area contributed by atoms with Gasteiger partial charge in [0, 0.05) is 17.8 Å². The van der Waals surface area contributed by atoms with Crippen LogP contribution >= 0.6 is 15.9 Å². The van der Waals surface area contributed by atoms with Gasteiger partial charge in [-0.3, -0.25) is 0 Å². The van der Waals surface area contributed by atoms with Gasteiger partial charge in [0.15, 0.2) is 15.7 Å². The van der Waals surface area contributed by atoms with E-state index in [1.54, 1.807) is 13.0 Å². The molecule has 0 saturated carbocycles. The van der Waals surface area contributed by atoms with Gasteiger partial charge in [0.1, 0.15) is 18.0 Å². The number of fused-ring (bicyclic) bond motifs is 1. The van der Waals surface area contributed by atoms with Crippen LogP contribution in [0.3, 0.4) is 0 Å². The summed E-state index contributed by atoms with van der Waals surface area (Å²) in [6, 6.07) is 8.87. The first-order chi connectivity index (χ1) is 12.7. The van der Waals surface area contributed by atoms with Gasteiger partial charge in [-0.05, 0) is 44.2 Å². The summed E-state index contributed by atoms with van der Waals surface area (Å²) in [5, 5.41) is 3.99. The van der Waals surface area contributed by atoms with E-state index in [-0.39, 0.29) is 10.6 Å². The molecule has 2 aromatic heterocycles. The van der Waals surface area contributed by atoms with Crippen LogP contribution in [0.2, 0.25) is 0 Å². The van der Waals surface area contributed by atoms with Crippen LogP contribution in [-0.2, 0) is 21.7 Å². The molecule has 0 spiro atoms. The molecule has 0 aliphatic heterocycles. The van der Waals surface area contributed by atoms with E-state index in [2.05, 4.69) is 31.1 Å². The van der Waals surface area contributed by atoms with Crippen LogP contribution in [-0.4, -0.2) is 41.5 Å². The highest BCUT2D eigenvalue weighted by Crippen LogP contribution is 2.29. The molecule has 3 aromatic rings. The second kappa shape index (κ2) is 7.40. The summed E-state index contributed by atoms with van der Waals surface area (Å²) in [5.41, 5.74) is 2.99. The van der Waals surface area contributed by atoms with Gasteiger partial charge in [0.05, 0.1) is 21.6 Å². The summed E-state index contributed by atoms with van der Waals surface area (Å²) in [6.07, 6.45) is 1.16. The summed E-state index contributed by atoms with van der Waals surface area (Å²) < 4.78 is 27.4. The van der Waals surface area contributed by atoms with Gasteiger partial charge < -0.3 is 9.40 Å². The van der Waals surface area contributed by atoms with Crippen molar-refractivity contribution in [3.8, 4) is 11.5 Å². The Balaban J connectivity index is 2.28. The normalized spacial score (nSPS) is 12.6. The molecular weight excluding hydrogens is 432 g/mol. The SMILES string of the molecule is CCO/N=C(\C)c1ccc(S(C)(=O)=O)c(-c2nc3cc(Br)ccc3n2C)n1. The number of halogens is 1. The van der Waals surface area contributed by atoms with Crippen LogP contribution < -0.4 is 0 Å². The molecule has 0 saturated heterocycles. The third-order valence-electron chi connectivity index (χ3n) is 4.01. The smallest absolute Gasteiger partial charge is 0.177 e. The van der Waals surface area contributed by atoms with Crippen molar-refractivity contribution in [2.45, 2.75) is 18.7 Å². The topological polar surface area (TPSA) is 86.4 Å². The highest BCUT2D eigenvalue weighted by atomic mass is 79.9. The minimum atomic E-state index is -3.50. The van der Waals surface area contributed by atoms with E-state index in [9.17, 15) is 8.42 Å². The number of pyridine rings is 1. The number of sulfone groups is 1. The monoisotopic (exact) mass is 450 g/mol. The lowest BCUT2D eigenvalue weighted by molar-refractivity contribution is 0.159. The maximum Gasteiger partial charge on any atom is 0.177 e. The van der Waals surface area contributed by atoms with Crippen LogP contribution in [0.25, 0.3) is 22.6 Å². The maximum atomic E-state index is 12.3. The number of hydrogen-bond donors (Lipinski definition) is 0. The van der Waals surface area contributed by atoms with Gasteiger partial charge in [-0.15, -0.1) is 0 Å². The predicted molar refractivity (Wildman–Crippen MR) is 109 cm³/mol. The third-order valence-corrected chi connectivity index (χ3v) is 5.64. The van der Waals surface area contributed by atoms with E-state index in [1.165, 1.54) is 6.07 Å².